The third kappa shape index (κ3) is 4.25. The fourth-order valence-electron chi connectivity index (χ4n) is 2.37. The van der Waals surface area contributed by atoms with Crippen molar-refractivity contribution in [1.29, 1.82) is 0 Å². The monoisotopic (exact) mass is 362 g/mol. The number of nitrogens with one attached hydrogen (secondary N) is 1. The number of aromatic nitrogens is 2. The van der Waals surface area contributed by atoms with Crippen molar-refractivity contribution in [1.82, 2.24) is 15.1 Å². The van der Waals surface area contributed by atoms with Gasteiger partial charge in [-0.2, -0.15) is 0 Å². The average molecular weight is 363 g/mol. The molecule has 0 unspecified atom stereocenters. The zero-order chi connectivity index (χ0) is 15.2. The molecule has 2 heterocycles. The molecule has 0 bridgehead atoms. The maximum absolute atomic E-state index is 5.34. The van der Waals surface area contributed by atoms with Crippen molar-refractivity contribution in [3.8, 4) is 11.3 Å². The first-order valence-electron chi connectivity index (χ1n) is 7.45. The van der Waals surface area contributed by atoms with Crippen LogP contribution in [0.2, 0.25) is 0 Å². The van der Waals surface area contributed by atoms with Gasteiger partial charge < -0.3 is 10.1 Å². The second-order valence-corrected chi connectivity index (χ2v) is 6.11. The summed E-state index contributed by atoms with van der Waals surface area (Å²) in [6.07, 6.45) is 0. The number of halogens is 1. The smallest absolute Gasteiger partial charge is 0.148 e. The molecule has 5 nitrogen and oxygen atoms in total. The molecule has 1 aromatic carbocycles. The molecule has 116 valence electrons. The van der Waals surface area contributed by atoms with E-state index >= 15 is 0 Å². The van der Waals surface area contributed by atoms with E-state index in [1.807, 2.05) is 36.4 Å². The quantitative estimate of drug-likeness (QED) is 0.885. The van der Waals surface area contributed by atoms with E-state index in [0.29, 0.717) is 0 Å². The first-order valence-corrected chi connectivity index (χ1v) is 8.24. The lowest BCUT2D eigenvalue weighted by atomic mass is 10.1. The first kappa shape index (κ1) is 15.4. The largest absolute Gasteiger partial charge is 0.379 e. The van der Waals surface area contributed by atoms with Gasteiger partial charge in [-0.05, 0) is 24.3 Å². The summed E-state index contributed by atoms with van der Waals surface area (Å²) in [4.78, 5) is 2.39. The van der Waals surface area contributed by atoms with Gasteiger partial charge in [-0.1, -0.05) is 28.1 Å². The van der Waals surface area contributed by atoms with Crippen molar-refractivity contribution >= 4 is 21.7 Å². The molecule has 0 aliphatic carbocycles. The Morgan fingerprint density at radius 2 is 1.82 bits per heavy atom. The summed E-state index contributed by atoms with van der Waals surface area (Å²) in [6.45, 7) is 5.56. The molecule has 1 N–H and O–H groups in total. The van der Waals surface area contributed by atoms with E-state index in [2.05, 4.69) is 36.3 Å². The minimum Gasteiger partial charge on any atom is -0.379 e. The van der Waals surface area contributed by atoms with Gasteiger partial charge >= 0.3 is 0 Å². The zero-order valence-corrected chi connectivity index (χ0v) is 13.9. The van der Waals surface area contributed by atoms with Crippen LogP contribution in [-0.4, -0.2) is 54.5 Å². The number of morpholine rings is 1. The summed E-state index contributed by atoms with van der Waals surface area (Å²) in [5.74, 6) is 0.814. The summed E-state index contributed by atoms with van der Waals surface area (Å²) >= 11 is 3.43. The average Bonchev–Trinajstić information content (AvgIpc) is 2.57. The number of rotatable bonds is 5. The van der Waals surface area contributed by atoms with Crippen LogP contribution in [0.1, 0.15) is 0 Å². The third-order valence-electron chi connectivity index (χ3n) is 3.64. The SMILES string of the molecule is Brc1ccc(-c2ccc(NCCN3CCOCC3)nn2)cc1. The number of ether oxygens (including phenoxy) is 1. The summed E-state index contributed by atoms with van der Waals surface area (Å²) < 4.78 is 6.40. The highest BCUT2D eigenvalue weighted by Gasteiger charge is 2.09. The fraction of sp³-hybridized carbons (Fsp3) is 0.375. The molecule has 0 radical (unpaired) electrons. The number of benzene rings is 1. The maximum Gasteiger partial charge on any atom is 0.148 e. The predicted octanol–water partition coefficient (Wildman–Crippen LogP) is 2.65. The van der Waals surface area contributed by atoms with Crippen LogP contribution in [0.15, 0.2) is 40.9 Å². The van der Waals surface area contributed by atoms with Crippen LogP contribution < -0.4 is 5.32 Å². The van der Waals surface area contributed by atoms with E-state index in [1.165, 1.54) is 0 Å². The Labute approximate surface area is 138 Å². The van der Waals surface area contributed by atoms with Crippen molar-refractivity contribution in [2.24, 2.45) is 0 Å². The highest BCUT2D eigenvalue weighted by atomic mass is 79.9. The van der Waals surface area contributed by atoms with Crippen molar-refractivity contribution in [3.05, 3.63) is 40.9 Å². The molecule has 0 atom stereocenters. The maximum atomic E-state index is 5.34. The minimum atomic E-state index is 0.814. The Bertz CT molecular complexity index is 582. The van der Waals surface area contributed by atoms with E-state index in [4.69, 9.17) is 4.74 Å². The zero-order valence-electron chi connectivity index (χ0n) is 12.3. The number of nitrogens with zero attached hydrogens (tertiary/aromatic N) is 3. The van der Waals surface area contributed by atoms with Gasteiger partial charge in [0.2, 0.25) is 0 Å². The summed E-state index contributed by atoms with van der Waals surface area (Å²) in [7, 11) is 0. The summed E-state index contributed by atoms with van der Waals surface area (Å²) in [5, 5.41) is 11.8. The van der Waals surface area contributed by atoms with E-state index in [-0.39, 0.29) is 0 Å². The summed E-state index contributed by atoms with van der Waals surface area (Å²) in [5.41, 5.74) is 1.95. The van der Waals surface area contributed by atoms with Crippen molar-refractivity contribution < 1.29 is 4.74 Å². The Morgan fingerprint density at radius 3 is 2.50 bits per heavy atom. The van der Waals surface area contributed by atoms with Gasteiger partial charge in [0.05, 0.1) is 18.9 Å². The third-order valence-corrected chi connectivity index (χ3v) is 4.17. The van der Waals surface area contributed by atoms with Crippen LogP contribution in [0, 0.1) is 0 Å². The molecule has 3 rings (SSSR count). The van der Waals surface area contributed by atoms with E-state index < -0.39 is 0 Å². The van der Waals surface area contributed by atoms with Crippen molar-refractivity contribution in [2.45, 2.75) is 0 Å². The molecule has 0 saturated carbocycles. The molecule has 1 aliphatic heterocycles. The fourth-order valence-corrected chi connectivity index (χ4v) is 2.63. The second-order valence-electron chi connectivity index (χ2n) is 5.19. The Morgan fingerprint density at radius 1 is 1.05 bits per heavy atom. The molecule has 0 spiro atoms. The second kappa shape index (κ2) is 7.67. The van der Waals surface area contributed by atoms with Gasteiger partial charge in [0.1, 0.15) is 5.82 Å². The molecule has 1 fully saturated rings. The van der Waals surface area contributed by atoms with E-state index in [1.54, 1.807) is 0 Å². The Balaban J connectivity index is 1.51. The molecule has 1 saturated heterocycles. The topological polar surface area (TPSA) is 50.3 Å². The molecule has 2 aromatic rings. The van der Waals surface area contributed by atoms with Gasteiger partial charge in [-0.3, -0.25) is 4.90 Å². The molecule has 1 aliphatic rings. The lowest BCUT2D eigenvalue weighted by molar-refractivity contribution is 0.0398. The van der Waals surface area contributed by atoms with Gasteiger partial charge in [0, 0.05) is 36.2 Å². The van der Waals surface area contributed by atoms with E-state index in [9.17, 15) is 0 Å². The molecular formula is C16H19BrN4O. The standard InChI is InChI=1S/C16H19BrN4O/c17-14-3-1-13(2-4-14)15-5-6-16(20-19-15)18-7-8-21-9-11-22-12-10-21/h1-6H,7-12H2,(H,18,20). The van der Waals surface area contributed by atoms with E-state index in [0.717, 1.165) is 60.9 Å². The van der Waals surface area contributed by atoms with Gasteiger partial charge in [0.25, 0.3) is 0 Å². The minimum absolute atomic E-state index is 0.814. The Hall–Kier alpha value is -1.50. The van der Waals surface area contributed by atoms with Crippen LogP contribution in [-0.2, 0) is 4.74 Å². The van der Waals surface area contributed by atoms with Gasteiger partial charge in [0.15, 0.2) is 0 Å². The molecule has 22 heavy (non-hydrogen) atoms. The highest BCUT2D eigenvalue weighted by Crippen LogP contribution is 2.19. The van der Waals surface area contributed by atoms with Crippen LogP contribution in [0.3, 0.4) is 0 Å². The lowest BCUT2D eigenvalue weighted by Gasteiger charge is -2.26. The molecular weight excluding hydrogens is 344 g/mol. The lowest BCUT2D eigenvalue weighted by Crippen LogP contribution is -2.39. The van der Waals surface area contributed by atoms with Crippen molar-refractivity contribution in [3.63, 3.8) is 0 Å². The van der Waals surface area contributed by atoms with Crippen LogP contribution >= 0.6 is 15.9 Å². The van der Waals surface area contributed by atoms with Crippen molar-refractivity contribution in [2.75, 3.05) is 44.7 Å². The van der Waals surface area contributed by atoms with Crippen LogP contribution in [0.25, 0.3) is 11.3 Å². The highest BCUT2D eigenvalue weighted by molar-refractivity contribution is 9.10. The number of hydrogen-bond acceptors (Lipinski definition) is 5. The number of anilines is 1. The van der Waals surface area contributed by atoms with Gasteiger partial charge in [-0.25, -0.2) is 0 Å². The molecule has 6 heteroatoms. The normalized spacial score (nSPS) is 15.7. The van der Waals surface area contributed by atoms with Gasteiger partial charge in [-0.15, -0.1) is 10.2 Å². The summed E-state index contributed by atoms with van der Waals surface area (Å²) in [6, 6.07) is 12.0. The molecule has 0 amide bonds. The Kier molecular flexibility index (Phi) is 5.37. The van der Waals surface area contributed by atoms with Crippen LogP contribution in [0.5, 0.6) is 0 Å². The number of hydrogen-bond donors (Lipinski definition) is 1. The predicted molar refractivity (Wildman–Crippen MR) is 90.9 cm³/mol. The van der Waals surface area contributed by atoms with Crippen LogP contribution in [0.4, 0.5) is 5.82 Å². The first-order chi connectivity index (χ1) is 10.8. The molecule has 1 aromatic heterocycles.